The van der Waals surface area contributed by atoms with Gasteiger partial charge in [-0.3, -0.25) is 0 Å². The monoisotopic (exact) mass is 305 g/mol. The maximum absolute atomic E-state index is 12.7. The van der Waals surface area contributed by atoms with E-state index in [9.17, 15) is 13.2 Å². The molecule has 1 aromatic heterocycles. The topological polar surface area (TPSA) is 75.9 Å². The van der Waals surface area contributed by atoms with Crippen molar-refractivity contribution in [1.82, 2.24) is 9.97 Å². The zero-order chi connectivity index (χ0) is 16.2. The first-order valence-corrected chi connectivity index (χ1v) is 6.82. The predicted molar refractivity (Wildman–Crippen MR) is 76.5 cm³/mol. The van der Waals surface area contributed by atoms with E-state index in [-0.39, 0.29) is 11.6 Å². The highest BCUT2D eigenvalue weighted by atomic mass is 19.4. The highest BCUT2D eigenvalue weighted by molar-refractivity contribution is 5.47. The average molecular weight is 305 g/mol. The highest BCUT2D eigenvalue weighted by Crippen LogP contribution is 2.28. The van der Waals surface area contributed by atoms with Gasteiger partial charge in [0.05, 0.1) is 0 Å². The number of alkyl halides is 3. The van der Waals surface area contributed by atoms with Crippen LogP contribution in [0.1, 0.15) is 33.5 Å². The number of nitrogens with zero attached hydrogens (tertiary/aromatic N) is 2. The minimum atomic E-state index is -4.61. The summed E-state index contributed by atoms with van der Waals surface area (Å²) in [5.74, 6) is 5.11. The Morgan fingerprint density at radius 1 is 1.10 bits per heavy atom. The lowest BCUT2D eigenvalue weighted by atomic mass is 9.85. The van der Waals surface area contributed by atoms with Crippen LogP contribution in [-0.2, 0) is 6.18 Å². The third-order valence-corrected chi connectivity index (χ3v) is 3.36. The van der Waals surface area contributed by atoms with Gasteiger partial charge in [-0.25, -0.2) is 15.8 Å². The van der Waals surface area contributed by atoms with Crippen molar-refractivity contribution in [3.05, 3.63) is 11.9 Å². The van der Waals surface area contributed by atoms with E-state index in [4.69, 9.17) is 5.84 Å². The molecule has 0 fully saturated rings. The molecule has 21 heavy (non-hydrogen) atoms. The third-order valence-electron chi connectivity index (χ3n) is 3.36. The van der Waals surface area contributed by atoms with E-state index < -0.39 is 12.0 Å². The standard InChI is InChI=1S/C13H22F3N5/c1-7(2)9(8(3)4)6-18-10-5-11(21-17)20-12(19-10)13(14,15)16/h5,7-9H,6,17H2,1-4H3,(H2,18,19,20,21). The van der Waals surface area contributed by atoms with Crippen molar-refractivity contribution >= 4 is 11.6 Å². The van der Waals surface area contributed by atoms with E-state index >= 15 is 0 Å². The van der Waals surface area contributed by atoms with Crippen LogP contribution >= 0.6 is 0 Å². The van der Waals surface area contributed by atoms with E-state index in [0.29, 0.717) is 24.3 Å². The smallest absolute Gasteiger partial charge is 0.370 e. The van der Waals surface area contributed by atoms with Gasteiger partial charge >= 0.3 is 6.18 Å². The first-order chi connectivity index (χ1) is 9.65. The number of aromatic nitrogens is 2. The fourth-order valence-electron chi connectivity index (χ4n) is 2.20. The Labute approximate surface area is 122 Å². The molecule has 1 rings (SSSR count). The molecule has 0 bridgehead atoms. The third kappa shape index (κ3) is 5.04. The molecule has 4 N–H and O–H groups in total. The van der Waals surface area contributed by atoms with E-state index in [1.54, 1.807) is 0 Å². The number of nitrogens with one attached hydrogen (secondary N) is 2. The summed E-state index contributed by atoms with van der Waals surface area (Å²) < 4.78 is 38.2. The van der Waals surface area contributed by atoms with Crippen LogP contribution in [0.15, 0.2) is 6.07 Å². The lowest BCUT2D eigenvalue weighted by molar-refractivity contribution is -0.144. The van der Waals surface area contributed by atoms with Gasteiger partial charge in [-0.05, 0) is 17.8 Å². The summed E-state index contributed by atoms with van der Waals surface area (Å²) in [4.78, 5) is 6.81. The molecule has 0 aromatic carbocycles. The summed E-state index contributed by atoms with van der Waals surface area (Å²) in [6.07, 6.45) is -4.61. The Morgan fingerprint density at radius 3 is 2.05 bits per heavy atom. The van der Waals surface area contributed by atoms with Crippen LogP contribution in [0, 0.1) is 17.8 Å². The van der Waals surface area contributed by atoms with Crippen LogP contribution in [0.4, 0.5) is 24.8 Å². The Hall–Kier alpha value is -1.57. The van der Waals surface area contributed by atoms with Gasteiger partial charge in [0.1, 0.15) is 11.6 Å². The summed E-state index contributed by atoms with van der Waals surface area (Å²) in [6, 6.07) is 1.35. The summed E-state index contributed by atoms with van der Waals surface area (Å²) in [5, 5.41) is 2.95. The molecule has 0 atom stereocenters. The first kappa shape index (κ1) is 17.5. The molecule has 120 valence electrons. The molecule has 8 heteroatoms. The number of nitrogen functional groups attached to an aromatic ring is 1. The maximum atomic E-state index is 12.7. The normalized spacial score (nSPS) is 12.3. The van der Waals surface area contributed by atoms with Crippen LogP contribution in [0.3, 0.4) is 0 Å². The summed E-state index contributed by atoms with van der Waals surface area (Å²) in [7, 11) is 0. The van der Waals surface area contributed by atoms with Crippen LogP contribution in [-0.4, -0.2) is 16.5 Å². The molecular formula is C13H22F3N5. The van der Waals surface area contributed by atoms with E-state index in [2.05, 4.69) is 48.4 Å². The Balaban J connectivity index is 2.92. The first-order valence-electron chi connectivity index (χ1n) is 6.82. The van der Waals surface area contributed by atoms with Gasteiger partial charge in [0.15, 0.2) is 0 Å². The fraction of sp³-hybridized carbons (Fsp3) is 0.692. The molecule has 0 aliphatic carbocycles. The highest BCUT2D eigenvalue weighted by Gasteiger charge is 2.35. The van der Waals surface area contributed by atoms with E-state index in [0.717, 1.165) is 0 Å². The van der Waals surface area contributed by atoms with Crippen molar-refractivity contribution < 1.29 is 13.2 Å². The lowest BCUT2D eigenvalue weighted by Crippen LogP contribution is -2.25. The molecule has 0 aliphatic heterocycles. The van der Waals surface area contributed by atoms with Gasteiger partial charge in [0.2, 0.25) is 5.82 Å². The number of hydrazine groups is 1. The van der Waals surface area contributed by atoms with Crippen molar-refractivity contribution in [2.45, 2.75) is 33.9 Å². The van der Waals surface area contributed by atoms with Crippen molar-refractivity contribution in [2.24, 2.45) is 23.6 Å². The van der Waals surface area contributed by atoms with Gasteiger partial charge in [-0.2, -0.15) is 13.2 Å². The number of hydrogen-bond acceptors (Lipinski definition) is 5. The summed E-state index contributed by atoms with van der Waals surface area (Å²) in [6.45, 7) is 8.87. The largest absolute Gasteiger partial charge is 0.451 e. The molecule has 1 aromatic rings. The quantitative estimate of drug-likeness (QED) is 0.556. The van der Waals surface area contributed by atoms with E-state index in [1.807, 2.05) is 0 Å². The van der Waals surface area contributed by atoms with Crippen molar-refractivity contribution in [3.63, 3.8) is 0 Å². The molecular weight excluding hydrogens is 283 g/mol. The van der Waals surface area contributed by atoms with Crippen molar-refractivity contribution in [3.8, 4) is 0 Å². The molecule has 0 saturated carbocycles. The van der Waals surface area contributed by atoms with Crippen molar-refractivity contribution in [1.29, 1.82) is 0 Å². The van der Waals surface area contributed by atoms with E-state index in [1.165, 1.54) is 6.07 Å². The van der Waals surface area contributed by atoms with Crippen molar-refractivity contribution in [2.75, 3.05) is 17.3 Å². The Bertz CT molecular complexity index is 452. The molecule has 0 saturated heterocycles. The second-order valence-electron chi connectivity index (χ2n) is 5.64. The lowest BCUT2D eigenvalue weighted by Gasteiger charge is -2.25. The number of nitrogens with two attached hydrogens (primary N) is 1. The molecule has 0 amide bonds. The Kier molecular flexibility index (Phi) is 5.77. The molecule has 5 nitrogen and oxygen atoms in total. The average Bonchev–Trinajstić information content (AvgIpc) is 2.36. The minimum Gasteiger partial charge on any atom is -0.370 e. The van der Waals surface area contributed by atoms with Gasteiger partial charge in [-0.1, -0.05) is 27.7 Å². The second-order valence-corrected chi connectivity index (χ2v) is 5.64. The van der Waals surface area contributed by atoms with Gasteiger partial charge in [0, 0.05) is 12.6 Å². The second kappa shape index (κ2) is 6.93. The summed E-state index contributed by atoms with van der Waals surface area (Å²) in [5.41, 5.74) is 2.12. The van der Waals surface area contributed by atoms with Gasteiger partial charge in [0.25, 0.3) is 0 Å². The molecule has 0 spiro atoms. The zero-order valence-electron chi connectivity index (χ0n) is 12.6. The molecule has 0 unspecified atom stereocenters. The molecule has 0 radical (unpaired) electrons. The zero-order valence-corrected chi connectivity index (χ0v) is 12.6. The number of anilines is 2. The summed E-state index contributed by atoms with van der Waals surface area (Å²) >= 11 is 0. The molecule has 0 aliphatic rings. The molecule has 1 heterocycles. The fourth-order valence-corrected chi connectivity index (χ4v) is 2.20. The van der Waals surface area contributed by atoms with Crippen LogP contribution in [0.5, 0.6) is 0 Å². The number of rotatable bonds is 6. The van der Waals surface area contributed by atoms with Crippen LogP contribution in [0.25, 0.3) is 0 Å². The van der Waals surface area contributed by atoms with Gasteiger partial charge < -0.3 is 10.7 Å². The van der Waals surface area contributed by atoms with Gasteiger partial charge in [-0.15, -0.1) is 0 Å². The SMILES string of the molecule is CC(C)C(CNc1cc(NN)nc(C(F)(F)F)n1)C(C)C. The minimum absolute atomic E-state index is 0.0783. The van der Waals surface area contributed by atoms with Crippen LogP contribution < -0.4 is 16.6 Å². The van der Waals surface area contributed by atoms with Crippen LogP contribution in [0.2, 0.25) is 0 Å². The predicted octanol–water partition coefficient (Wildman–Crippen LogP) is 3.12. The maximum Gasteiger partial charge on any atom is 0.451 e. The number of hydrogen-bond donors (Lipinski definition) is 3. The Morgan fingerprint density at radius 2 is 1.62 bits per heavy atom. The number of halogens is 3.